The van der Waals surface area contributed by atoms with Crippen LogP contribution in [-0.4, -0.2) is 38.1 Å². The van der Waals surface area contributed by atoms with Crippen molar-refractivity contribution in [2.45, 2.75) is 31.7 Å². The van der Waals surface area contributed by atoms with Crippen LogP contribution in [0.5, 0.6) is 0 Å². The number of aromatic nitrogens is 1. The Morgan fingerprint density at radius 3 is 2.52 bits per heavy atom. The normalized spacial score (nSPS) is 11.3. The van der Waals surface area contributed by atoms with Gasteiger partial charge in [-0.05, 0) is 37.6 Å². The largest absolute Gasteiger partial charge is 0.359 e. The van der Waals surface area contributed by atoms with Gasteiger partial charge in [0.1, 0.15) is 0 Å². The minimum absolute atomic E-state index is 0.157. The number of nitrogens with zero attached hydrogens (tertiary/aromatic N) is 2. The Kier molecular flexibility index (Phi) is 6.16. The van der Waals surface area contributed by atoms with E-state index in [4.69, 9.17) is 4.52 Å². The van der Waals surface area contributed by atoms with Gasteiger partial charge in [0, 0.05) is 25.3 Å². The van der Waals surface area contributed by atoms with Gasteiger partial charge in [0.25, 0.3) is 0 Å². The highest BCUT2D eigenvalue weighted by molar-refractivity contribution is 7.89. The molecular formula is C16H22N4O4S. The minimum atomic E-state index is -3.51. The second-order valence-electron chi connectivity index (χ2n) is 5.64. The van der Waals surface area contributed by atoms with E-state index in [-0.39, 0.29) is 17.5 Å². The third kappa shape index (κ3) is 5.30. The van der Waals surface area contributed by atoms with Crippen molar-refractivity contribution >= 4 is 21.7 Å². The van der Waals surface area contributed by atoms with Crippen molar-refractivity contribution in [2.24, 2.45) is 0 Å². The molecule has 0 bridgehead atoms. The molecule has 2 amide bonds. The molecule has 0 radical (unpaired) electrons. The summed E-state index contributed by atoms with van der Waals surface area (Å²) in [4.78, 5) is 13.8. The number of aryl methyl sites for hydroxylation is 1. The first-order valence-electron chi connectivity index (χ1n) is 7.86. The van der Waals surface area contributed by atoms with Crippen LogP contribution in [0.1, 0.15) is 24.8 Å². The van der Waals surface area contributed by atoms with Crippen molar-refractivity contribution in [3.05, 3.63) is 41.8 Å². The molecule has 0 aliphatic carbocycles. The van der Waals surface area contributed by atoms with E-state index in [9.17, 15) is 13.2 Å². The van der Waals surface area contributed by atoms with E-state index in [0.717, 1.165) is 5.69 Å². The molecule has 0 aliphatic rings. The molecular weight excluding hydrogens is 344 g/mol. The van der Waals surface area contributed by atoms with E-state index in [1.54, 1.807) is 32.2 Å². The molecule has 9 heteroatoms. The highest BCUT2D eigenvalue weighted by Gasteiger charge is 2.15. The van der Waals surface area contributed by atoms with E-state index >= 15 is 0 Å². The maximum atomic E-state index is 12.2. The van der Waals surface area contributed by atoms with Crippen LogP contribution in [0.25, 0.3) is 0 Å². The molecule has 1 heterocycles. The van der Waals surface area contributed by atoms with Crippen LogP contribution in [0.3, 0.4) is 0 Å². The molecule has 8 nitrogen and oxygen atoms in total. The van der Waals surface area contributed by atoms with Gasteiger partial charge in [-0.3, -0.25) is 0 Å². The molecule has 0 unspecified atom stereocenters. The molecule has 0 saturated heterocycles. The standard InChI is InChI=1S/C16H22N4O4S/c1-4-9-17-25(22,23)15-7-5-13(6-8-15)18-16(21)20(3)11-14-10-12(2)19-24-14/h5-8,10,17H,4,9,11H2,1-3H3,(H,18,21). The van der Waals surface area contributed by atoms with Gasteiger partial charge >= 0.3 is 6.03 Å². The summed E-state index contributed by atoms with van der Waals surface area (Å²) in [6.07, 6.45) is 0.713. The zero-order valence-corrected chi connectivity index (χ0v) is 15.3. The number of carbonyl (C=O) groups excluding carboxylic acids is 1. The van der Waals surface area contributed by atoms with Crippen LogP contribution in [0.4, 0.5) is 10.5 Å². The van der Waals surface area contributed by atoms with E-state index in [1.807, 2.05) is 6.92 Å². The molecule has 0 aliphatic heterocycles. The summed E-state index contributed by atoms with van der Waals surface area (Å²) in [5.74, 6) is 0.582. The summed E-state index contributed by atoms with van der Waals surface area (Å²) in [6.45, 7) is 4.35. The maximum absolute atomic E-state index is 12.2. The molecule has 0 fully saturated rings. The number of benzene rings is 1. The van der Waals surface area contributed by atoms with Crippen molar-refractivity contribution in [1.29, 1.82) is 0 Å². The van der Waals surface area contributed by atoms with Gasteiger partial charge in [-0.15, -0.1) is 0 Å². The summed E-state index contributed by atoms with van der Waals surface area (Å²) in [5, 5.41) is 6.47. The third-order valence-electron chi connectivity index (χ3n) is 3.37. The number of hydrogen-bond acceptors (Lipinski definition) is 5. The quantitative estimate of drug-likeness (QED) is 0.782. The SMILES string of the molecule is CCCNS(=O)(=O)c1ccc(NC(=O)N(C)Cc2cc(C)no2)cc1. The topological polar surface area (TPSA) is 105 Å². The summed E-state index contributed by atoms with van der Waals surface area (Å²) in [5.41, 5.74) is 1.25. The fourth-order valence-electron chi connectivity index (χ4n) is 2.05. The molecule has 2 aromatic rings. The molecule has 1 aromatic heterocycles. The minimum Gasteiger partial charge on any atom is -0.359 e. The summed E-state index contributed by atoms with van der Waals surface area (Å²) >= 11 is 0. The number of sulfonamides is 1. The van der Waals surface area contributed by atoms with Gasteiger partial charge in [0.2, 0.25) is 10.0 Å². The highest BCUT2D eigenvalue weighted by atomic mass is 32.2. The Labute approximate surface area is 147 Å². The van der Waals surface area contributed by atoms with Crippen molar-refractivity contribution in [1.82, 2.24) is 14.8 Å². The van der Waals surface area contributed by atoms with Crippen LogP contribution in [0.15, 0.2) is 39.8 Å². The number of amides is 2. The second kappa shape index (κ2) is 8.13. The molecule has 0 spiro atoms. The first-order valence-corrected chi connectivity index (χ1v) is 9.34. The van der Waals surface area contributed by atoms with E-state index in [0.29, 0.717) is 24.4 Å². The fourth-order valence-corrected chi connectivity index (χ4v) is 3.19. The smallest absolute Gasteiger partial charge is 0.321 e. The van der Waals surface area contributed by atoms with Gasteiger partial charge < -0.3 is 14.7 Å². The average molecular weight is 366 g/mol. The number of nitrogens with one attached hydrogen (secondary N) is 2. The van der Waals surface area contributed by atoms with Gasteiger partial charge in [-0.1, -0.05) is 12.1 Å². The number of carbonyl (C=O) groups is 1. The van der Waals surface area contributed by atoms with Gasteiger partial charge in [0.15, 0.2) is 5.76 Å². The molecule has 1 aromatic carbocycles. The monoisotopic (exact) mass is 366 g/mol. The Balaban J connectivity index is 1.97. The van der Waals surface area contributed by atoms with Crippen LogP contribution in [-0.2, 0) is 16.6 Å². The maximum Gasteiger partial charge on any atom is 0.321 e. The lowest BCUT2D eigenvalue weighted by molar-refractivity contribution is 0.214. The number of rotatable bonds is 7. The van der Waals surface area contributed by atoms with Crippen LogP contribution in [0.2, 0.25) is 0 Å². The van der Waals surface area contributed by atoms with Gasteiger partial charge in [0.05, 0.1) is 17.1 Å². The lowest BCUT2D eigenvalue weighted by atomic mass is 10.3. The van der Waals surface area contributed by atoms with Crippen molar-refractivity contribution < 1.29 is 17.7 Å². The van der Waals surface area contributed by atoms with E-state index in [1.165, 1.54) is 17.0 Å². The van der Waals surface area contributed by atoms with Crippen molar-refractivity contribution in [3.8, 4) is 0 Å². The highest BCUT2D eigenvalue weighted by Crippen LogP contribution is 2.15. The zero-order chi connectivity index (χ0) is 18.4. The summed E-state index contributed by atoms with van der Waals surface area (Å²) in [6, 6.07) is 7.41. The summed E-state index contributed by atoms with van der Waals surface area (Å²) in [7, 11) is -1.89. The Morgan fingerprint density at radius 2 is 1.96 bits per heavy atom. The average Bonchev–Trinajstić information content (AvgIpc) is 2.98. The zero-order valence-electron chi connectivity index (χ0n) is 14.4. The number of hydrogen-bond donors (Lipinski definition) is 2. The Bertz CT molecular complexity index is 815. The van der Waals surface area contributed by atoms with Crippen LogP contribution >= 0.6 is 0 Å². The Morgan fingerprint density at radius 1 is 1.28 bits per heavy atom. The molecule has 136 valence electrons. The predicted octanol–water partition coefficient (Wildman–Crippen LogP) is 2.34. The lowest BCUT2D eigenvalue weighted by Gasteiger charge is -2.16. The number of anilines is 1. The first-order chi connectivity index (χ1) is 11.8. The molecule has 2 N–H and O–H groups in total. The molecule has 2 rings (SSSR count). The fraction of sp³-hybridized carbons (Fsp3) is 0.375. The van der Waals surface area contributed by atoms with Crippen molar-refractivity contribution in [2.75, 3.05) is 18.9 Å². The lowest BCUT2D eigenvalue weighted by Crippen LogP contribution is -2.30. The Hall–Kier alpha value is -2.39. The van der Waals surface area contributed by atoms with E-state index in [2.05, 4.69) is 15.2 Å². The first kappa shape index (κ1) is 18.9. The van der Waals surface area contributed by atoms with Crippen LogP contribution < -0.4 is 10.0 Å². The van der Waals surface area contributed by atoms with Crippen molar-refractivity contribution in [3.63, 3.8) is 0 Å². The van der Waals surface area contributed by atoms with E-state index < -0.39 is 10.0 Å². The molecule has 0 saturated carbocycles. The summed E-state index contributed by atoms with van der Waals surface area (Å²) < 4.78 is 31.6. The second-order valence-corrected chi connectivity index (χ2v) is 7.41. The van der Waals surface area contributed by atoms with Crippen LogP contribution in [0, 0.1) is 6.92 Å². The predicted molar refractivity (Wildman–Crippen MR) is 93.6 cm³/mol. The van der Waals surface area contributed by atoms with Gasteiger partial charge in [-0.2, -0.15) is 0 Å². The third-order valence-corrected chi connectivity index (χ3v) is 4.85. The molecule has 0 atom stereocenters. The van der Waals surface area contributed by atoms with Gasteiger partial charge in [-0.25, -0.2) is 17.9 Å². The number of urea groups is 1. The molecule has 25 heavy (non-hydrogen) atoms.